The second-order valence-electron chi connectivity index (χ2n) is 31.8. The fourth-order valence-electron chi connectivity index (χ4n) is 16.5. The second kappa shape index (κ2) is 50.3. The van der Waals surface area contributed by atoms with E-state index in [1.165, 1.54) is 0 Å². The largest absolute Gasteiger partial charge is 0.497 e. The van der Waals surface area contributed by atoms with Gasteiger partial charge in [0, 0.05) is 147 Å². The number of anilines is 5. The Morgan fingerprint density at radius 3 is 0.842 bits per heavy atom. The molecule has 8 amide bonds. The number of nitrogens with one attached hydrogen (secondary N) is 8. The van der Waals surface area contributed by atoms with E-state index in [1.807, 2.05) is 254 Å². The summed E-state index contributed by atoms with van der Waals surface area (Å²) in [5, 5.41) is 76.8. The summed E-state index contributed by atoms with van der Waals surface area (Å²) in [6.45, 7) is 26.3. The summed E-state index contributed by atoms with van der Waals surface area (Å²) in [5.41, 5.74) is 20.4. The molecular weight excluding hydrogens is 1790 g/mol. The molecule has 714 valence electrons. The molecule has 0 aliphatic heterocycles. The number of ether oxygens (including phenoxy) is 5. The van der Waals surface area contributed by atoms with E-state index in [1.54, 1.807) is 28.3 Å². The van der Waals surface area contributed by atoms with Crippen molar-refractivity contribution in [2.75, 3.05) is 80.8 Å². The van der Waals surface area contributed by atoms with Crippen LogP contribution in [0.5, 0.6) is 17.2 Å². The highest BCUT2D eigenvalue weighted by molar-refractivity contribution is 6.32. The van der Waals surface area contributed by atoms with Gasteiger partial charge in [0.2, 0.25) is 0 Å². The van der Waals surface area contributed by atoms with Crippen LogP contribution in [0.1, 0.15) is 136 Å². The number of aromatic nitrogens is 5. The van der Waals surface area contributed by atoms with Gasteiger partial charge in [0.1, 0.15) is 47.6 Å². The molecule has 15 aromatic rings. The van der Waals surface area contributed by atoms with Gasteiger partial charge in [-0.15, -0.1) is 0 Å². The van der Waals surface area contributed by atoms with Crippen LogP contribution in [0.3, 0.4) is 0 Å². The first-order chi connectivity index (χ1) is 67.5. The maximum atomic E-state index is 11.8. The first-order valence-electron chi connectivity index (χ1n) is 46.3. The van der Waals surface area contributed by atoms with E-state index >= 15 is 0 Å². The SMILES string of the molecule is CCCNC(=O)Nc1ccc(-c2c(C#N)c3cc(Cl)ccc3n2CC)cc1.CCCNC(=O)Nc1ccc(-c2c(C#N)c3cc(Cl)ccc3n2CC)cc1.CCCOC(=O)Nc1ccc(-c2c(C#N)c3ccc(OC)cc3n2CCC)cc1.CCCn1c(-c2ccc(NC(=O)NCC)cc2)c(C#N)c2ccc(OC)cc21.CCCn1c(-c2ccc(NC(=O)OCC)cc2)c(C#N)c2ccc(OC)cc21. The van der Waals surface area contributed by atoms with Crippen LogP contribution < -0.4 is 56.7 Å². The Bertz CT molecular complexity index is 6770. The van der Waals surface area contributed by atoms with Crippen molar-refractivity contribution >= 4 is 136 Å². The van der Waals surface area contributed by atoms with Gasteiger partial charge in [-0.25, -0.2) is 24.0 Å². The molecule has 28 nitrogen and oxygen atoms in total. The van der Waals surface area contributed by atoms with E-state index in [0.717, 1.165) is 199 Å². The number of hydrogen-bond donors (Lipinski definition) is 8. The number of halogens is 2. The van der Waals surface area contributed by atoms with Gasteiger partial charge in [-0.1, -0.05) is 125 Å². The first kappa shape index (κ1) is 103. The molecular formula is C109H114Cl2N18O10. The summed E-state index contributed by atoms with van der Waals surface area (Å²) < 4.78 is 36.8. The highest BCUT2D eigenvalue weighted by atomic mass is 35.5. The Labute approximate surface area is 819 Å². The lowest BCUT2D eigenvalue weighted by Gasteiger charge is -2.12. The summed E-state index contributed by atoms with van der Waals surface area (Å²) >= 11 is 12.3. The van der Waals surface area contributed by atoms with Gasteiger partial charge in [-0.3, -0.25) is 10.6 Å². The van der Waals surface area contributed by atoms with Crippen LogP contribution in [0.4, 0.5) is 52.4 Å². The zero-order chi connectivity index (χ0) is 99.8. The van der Waals surface area contributed by atoms with Crippen LogP contribution in [0, 0.1) is 56.7 Å². The molecule has 15 rings (SSSR count). The van der Waals surface area contributed by atoms with Crippen LogP contribution in [0.2, 0.25) is 10.0 Å². The fraction of sp³-hybridized carbons (Fsp3) is 0.266. The Balaban J connectivity index is 0.000000166. The minimum absolute atomic E-state index is 0.223. The van der Waals surface area contributed by atoms with E-state index in [0.29, 0.717) is 99.1 Å². The van der Waals surface area contributed by atoms with E-state index in [-0.39, 0.29) is 18.1 Å². The smallest absolute Gasteiger partial charge is 0.411 e. The molecule has 0 radical (unpaired) electrons. The number of rotatable bonds is 29. The molecule has 10 aromatic carbocycles. The molecule has 139 heavy (non-hydrogen) atoms. The molecule has 0 aliphatic carbocycles. The summed E-state index contributed by atoms with van der Waals surface area (Å²) in [7, 11) is 4.91. The van der Waals surface area contributed by atoms with E-state index in [9.17, 15) is 50.3 Å². The predicted molar refractivity (Wildman–Crippen MR) is 556 cm³/mol. The number of nitriles is 5. The lowest BCUT2D eigenvalue weighted by molar-refractivity contribution is 0.161. The van der Waals surface area contributed by atoms with Crippen molar-refractivity contribution < 1.29 is 47.7 Å². The van der Waals surface area contributed by atoms with E-state index in [4.69, 9.17) is 46.9 Å². The number of carbonyl (C=O) groups excluding carboxylic acids is 5. The Kier molecular flexibility index (Phi) is 37.3. The van der Waals surface area contributed by atoms with E-state index in [2.05, 4.69) is 116 Å². The number of carbonyl (C=O) groups is 5. The number of aryl methyl sites for hydroxylation is 5. The molecule has 0 fully saturated rings. The van der Waals surface area contributed by atoms with Crippen molar-refractivity contribution in [2.24, 2.45) is 0 Å². The van der Waals surface area contributed by atoms with Gasteiger partial charge in [0.15, 0.2) is 0 Å². The van der Waals surface area contributed by atoms with Crippen LogP contribution in [-0.2, 0) is 42.2 Å². The molecule has 5 aromatic heterocycles. The zero-order valence-corrected chi connectivity index (χ0v) is 81.8. The van der Waals surface area contributed by atoms with Crippen molar-refractivity contribution in [1.82, 2.24) is 38.8 Å². The van der Waals surface area contributed by atoms with Gasteiger partial charge in [-0.05, 0) is 227 Å². The van der Waals surface area contributed by atoms with Gasteiger partial charge in [-0.2, -0.15) is 26.3 Å². The molecule has 0 atom stereocenters. The molecule has 0 unspecified atom stereocenters. The molecule has 0 saturated heterocycles. The number of methoxy groups -OCH3 is 3. The summed E-state index contributed by atoms with van der Waals surface area (Å²) in [4.78, 5) is 58.6. The third-order valence-electron chi connectivity index (χ3n) is 22.6. The molecule has 0 saturated carbocycles. The average Bonchev–Trinajstić information content (AvgIpc) is 1.62. The minimum atomic E-state index is -0.486. The number of nitrogens with zero attached hydrogens (tertiary/aromatic N) is 10. The number of fused-ring (bicyclic) bond motifs is 5. The lowest BCUT2D eigenvalue weighted by atomic mass is 10.1. The monoisotopic (exact) mass is 1900 g/mol. The third kappa shape index (κ3) is 24.7. The van der Waals surface area contributed by atoms with Crippen molar-refractivity contribution in [1.29, 1.82) is 26.3 Å². The van der Waals surface area contributed by atoms with Crippen LogP contribution in [0.25, 0.3) is 111 Å². The number of benzene rings is 10. The van der Waals surface area contributed by atoms with Crippen LogP contribution in [0.15, 0.2) is 212 Å². The Morgan fingerprint density at radius 1 is 0.302 bits per heavy atom. The van der Waals surface area contributed by atoms with Crippen molar-refractivity contribution in [3.05, 3.63) is 250 Å². The molecule has 0 spiro atoms. The maximum Gasteiger partial charge on any atom is 0.411 e. The van der Waals surface area contributed by atoms with Crippen LogP contribution >= 0.6 is 23.2 Å². The number of amides is 8. The second-order valence-corrected chi connectivity index (χ2v) is 32.7. The predicted octanol–water partition coefficient (Wildman–Crippen LogP) is 26.2. The Morgan fingerprint density at radius 2 is 0.583 bits per heavy atom. The van der Waals surface area contributed by atoms with Crippen molar-refractivity contribution in [3.63, 3.8) is 0 Å². The molecule has 0 aliphatic rings. The lowest BCUT2D eigenvalue weighted by Crippen LogP contribution is -2.29. The first-order valence-corrected chi connectivity index (χ1v) is 47.1. The van der Waals surface area contributed by atoms with E-state index < -0.39 is 12.2 Å². The summed E-state index contributed by atoms with van der Waals surface area (Å²) in [6, 6.07) is 77.1. The van der Waals surface area contributed by atoms with Crippen LogP contribution in [-0.4, -0.2) is 107 Å². The average molecular weight is 1910 g/mol. The van der Waals surface area contributed by atoms with Gasteiger partial charge in [0.05, 0.1) is 107 Å². The summed E-state index contributed by atoms with van der Waals surface area (Å²) in [5.74, 6) is 2.28. The molecule has 0 bridgehead atoms. The number of urea groups is 3. The minimum Gasteiger partial charge on any atom is -0.497 e. The standard InChI is InChI=1S/C23H25N3O3.C22H24N4O2.C22H23N3O3.2C21H21ClN4O/c1-4-12-26-21-14-18(28-3)10-11-19(21)20(15-24)22(26)16-6-8-17(9-7-16)25-23(27)29-13-5-2;1-4-12-26-20-13-17(28-3)10-11-18(20)19(14-23)21(26)15-6-8-16(9-7-15)25-22(27)24-5-2;1-4-12-25-20-13-17(27-3)10-11-18(20)19(14-23)21(25)15-6-8-16(9-7-15)24-22(26)28-5-2;2*1-3-11-24-21(27)25-16-8-5-14(6-9-16)20-18(13-23)17-12-15(22)7-10-19(17)26(20)4-2/h6-11,14H,4-5,12-13H2,1-3H3,(H,25,27);6-11,13H,4-5,12H2,1-3H3,(H2,24,25,27);6-11,13H,4-5,12H2,1-3H3,(H,24,26);2*5-10,12H,3-4,11H2,1-2H3,(H2,24,25,27). The van der Waals surface area contributed by atoms with Crippen molar-refractivity contribution in [2.45, 2.75) is 140 Å². The van der Waals surface area contributed by atoms with Gasteiger partial charge in [0.25, 0.3) is 0 Å². The highest BCUT2D eigenvalue weighted by Crippen LogP contribution is 2.43. The maximum absolute atomic E-state index is 11.8. The highest BCUT2D eigenvalue weighted by Gasteiger charge is 2.26. The summed E-state index contributed by atoms with van der Waals surface area (Å²) in [6.07, 6.45) is 4.39. The topological polar surface area (TPSA) is 371 Å². The van der Waals surface area contributed by atoms with Gasteiger partial charge < -0.3 is 78.4 Å². The fourth-order valence-corrected chi connectivity index (χ4v) is 16.8. The molecule has 8 N–H and O–H groups in total. The quantitative estimate of drug-likeness (QED) is 0.0216. The van der Waals surface area contributed by atoms with Crippen molar-refractivity contribution in [3.8, 4) is 104 Å². The molecule has 5 heterocycles. The molecule has 30 heteroatoms. The number of hydrogen-bond acceptors (Lipinski definition) is 15. The zero-order valence-electron chi connectivity index (χ0n) is 80.3. The normalized spacial score (nSPS) is 10.5. The Hall–Kier alpha value is -16.3. The third-order valence-corrected chi connectivity index (χ3v) is 23.0. The van der Waals surface area contributed by atoms with Gasteiger partial charge >= 0.3 is 30.3 Å².